The molecule has 8 nitrogen and oxygen atoms in total. The number of nitrogens with zero attached hydrogens (tertiary/aromatic N) is 1. The number of methoxy groups -OCH3 is 1. The first kappa shape index (κ1) is 23.8. The Labute approximate surface area is 193 Å². The van der Waals surface area contributed by atoms with Crippen LogP contribution in [0.25, 0.3) is 6.08 Å². The van der Waals surface area contributed by atoms with Crippen LogP contribution < -0.4 is 25.0 Å². The van der Waals surface area contributed by atoms with Crippen LogP contribution in [-0.4, -0.2) is 44.7 Å². The number of carbonyl (C=O) groups is 3. The number of benzene rings is 2. The van der Waals surface area contributed by atoms with Gasteiger partial charge in [-0.3, -0.25) is 20.2 Å². The number of barbiturate groups is 1. The molecule has 2 aromatic rings. The van der Waals surface area contributed by atoms with Gasteiger partial charge in [0.25, 0.3) is 11.8 Å². The first-order chi connectivity index (χ1) is 15.9. The fraction of sp³-hybridized carbons (Fsp3) is 0.320. The summed E-state index contributed by atoms with van der Waals surface area (Å²) in [5.41, 5.74) is 3.71. The van der Waals surface area contributed by atoms with Gasteiger partial charge in [0.1, 0.15) is 12.2 Å². The zero-order valence-corrected chi connectivity index (χ0v) is 19.4. The summed E-state index contributed by atoms with van der Waals surface area (Å²) in [6.45, 7) is 8.00. The molecule has 1 heterocycles. The highest BCUT2D eigenvalue weighted by Gasteiger charge is 2.27. The van der Waals surface area contributed by atoms with E-state index in [4.69, 9.17) is 9.47 Å². The quantitative estimate of drug-likeness (QED) is 0.449. The summed E-state index contributed by atoms with van der Waals surface area (Å²) in [5, 5.41) is 4.16. The van der Waals surface area contributed by atoms with Crippen LogP contribution in [-0.2, 0) is 16.0 Å². The molecule has 1 aliphatic heterocycles. The van der Waals surface area contributed by atoms with Crippen LogP contribution in [0.2, 0.25) is 0 Å². The normalized spacial score (nSPS) is 13.3. The average Bonchev–Trinajstić information content (AvgIpc) is 2.80. The number of aryl methyl sites for hydroxylation is 2. The molecule has 0 aromatic heterocycles. The zero-order chi connectivity index (χ0) is 24.0. The molecular formula is C25H29N3O5. The van der Waals surface area contributed by atoms with E-state index in [0.29, 0.717) is 18.9 Å². The number of hydrogen-bond donors (Lipinski definition) is 2. The smallest absolute Gasteiger partial charge is 0.328 e. The average molecular weight is 452 g/mol. The van der Waals surface area contributed by atoms with Gasteiger partial charge in [-0.1, -0.05) is 19.1 Å². The Morgan fingerprint density at radius 1 is 0.970 bits per heavy atom. The van der Waals surface area contributed by atoms with Gasteiger partial charge in [-0.15, -0.1) is 0 Å². The predicted octanol–water partition coefficient (Wildman–Crippen LogP) is 3.22. The Balaban J connectivity index is 1.69. The molecule has 1 saturated heterocycles. The third-order valence-electron chi connectivity index (χ3n) is 5.50. The van der Waals surface area contributed by atoms with Crippen molar-refractivity contribution in [1.29, 1.82) is 0 Å². The molecule has 2 aromatic carbocycles. The highest BCUT2D eigenvalue weighted by Crippen LogP contribution is 2.28. The van der Waals surface area contributed by atoms with Crippen molar-refractivity contribution < 1.29 is 23.9 Å². The van der Waals surface area contributed by atoms with E-state index in [1.54, 1.807) is 7.11 Å². The highest BCUT2D eigenvalue weighted by molar-refractivity contribution is 6.31. The second kappa shape index (κ2) is 10.7. The van der Waals surface area contributed by atoms with Gasteiger partial charge in [-0.05, 0) is 67.3 Å². The lowest BCUT2D eigenvalue weighted by Crippen LogP contribution is -2.51. The zero-order valence-electron chi connectivity index (χ0n) is 19.4. The molecule has 3 rings (SSSR count). The third-order valence-corrected chi connectivity index (χ3v) is 5.50. The maximum atomic E-state index is 12.0. The van der Waals surface area contributed by atoms with E-state index in [2.05, 4.69) is 29.4 Å². The lowest BCUT2D eigenvalue weighted by Gasteiger charge is -2.24. The monoisotopic (exact) mass is 451 g/mol. The SMILES string of the molecule is CCc1ccc(OCCN(CC)c2ccc(C=C3C(=O)NC(=O)NC3=O)c(C)c2)c(OC)c1. The van der Waals surface area contributed by atoms with Crippen molar-refractivity contribution in [2.45, 2.75) is 27.2 Å². The van der Waals surface area contributed by atoms with Crippen molar-refractivity contribution in [1.82, 2.24) is 10.6 Å². The summed E-state index contributed by atoms with van der Waals surface area (Å²) < 4.78 is 11.4. The molecule has 0 spiro atoms. The molecule has 2 N–H and O–H groups in total. The number of nitrogens with one attached hydrogen (secondary N) is 2. The maximum Gasteiger partial charge on any atom is 0.328 e. The van der Waals surface area contributed by atoms with Crippen molar-refractivity contribution in [3.63, 3.8) is 0 Å². The summed E-state index contributed by atoms with van der Waals surface area (Å²) in [4.78, 5) is 37.4. The van der Waals surface area contributed by atoms with Crippen LogP contribution in [0.3, 0.4) is 0 Å². The predicted molar refractivity (Wildman–Crippen MR) is 127 cm³/mol. The molecule has 1 fully saturated rings. The maximum absolute atomic E-state index is 12.0. The standard InChI is InChI=1S/C25H29N3O5/c1-5-17-7-10-21(22(14-17)32-4)33-12-11-28(6-2)19-9-8-18(16(3)13-19)15-20-23(29)26-25(31)27-24(20)30/h7-10,13-15H,5-6,11-12H2,1-4H3,(H2,26,27,29,30,31). The minimum atomic E-state index is -0.811. The van der Waals surface area contributed by atoms with E-state index >= 15 is 0 Å². The molecule has 0 radical (unpaired) electrons. The summed E-state index contributed by atoms with van der Waals surface area (Å²) >= 11 is 0. The van der Waals surface area contributed by atoms with Crippen molar-refractivity contribution >= 4 is 29.6 Å². The Bertz CT molecular complexity index is 1070. The number of amides is 4. The van der Waals surface area contributed by atoms with Crippen molar-refractivity contribution in [2.24, 2.45) is 0 Å². The van der Waals surface area contributed by atoms with Crippen LogP contribution in [0.1, 0.15) is 30.5 Å². The van der Waals surface area contributed by atoms with Crippen molar-refractivity contribution in [2.75, 3.05) is 31.7 Å². The van der Waals surface area contributed by atoms with Gasteiger partial charge in [-0.25, -0.2) is 4.79 Å². The molecule has 33 heavy (non-hydrogen) atoms. The molecule has 0 aliphatic carbocycles. The summed E-state index contributed by atoms with van der Waals surface area (Å²) in [6.07, 6.45) is 2.42. The molecule has 0 saturated carbocycles. The Morgan fingerprint density at radius 3 is 2.30 bits per heavy atom. The lowest BCUT2D eigenvalue weighted by atomic mass is 10.0. The minimum Gasteiger partial charge on any atom is -0.493 e. The summed E-state index contributed by atoms with van der Waals surface area (Å²) in [7, 11) is 1.64. The van der Waals surface area contributed by atoms with Crippen molar-refractivity contribution in [3.05, 3.63) is 58.7 Å². The van der Waals surface area contributed by atoms with Gasteiger partial charge in [-0.2, -0.15) is 0 Å². The van der Waals surface area contributed by atoms with Crippen molar-refractivity contribution in [3.8, 4) is 11.5 Å². The second-order valence-corrected chi connectivity index (χ2v) is 7.60. The fourth-order valence-electron chi connectivity index (χ4n) is 3.57. The first-order valence-electron chi connectivity index (χ1n) is 10.9. The van der Waals surface area contributed by atoms with Gasteiger partial charge in [0.2, 0.25) is 0 Å². The Morgan fingerprint density at radius 2 is 1.70 bits per heavy atom. The summed E-state index contributed by atoms with van der Waals surface area (Å²) in [5.74, 6) is 0.0263. The molecule has 0 bridgehead atoms. The number of likely N-dealkylation sites (N-methyl/N-ethyl adjacent to an activating group) is 1. The minimum absolute atomic E-state index is 0.103. The van der Waals surface area contributed by atoms with Gasteiger partial charge in [0.15, 0.2) is 11.5 Å². The first-order valence-corrected chi connectivity index (χ1v) is 10.9. The van der Waals surface area contributed by atoms with Crippen LogP contribution in [0.4, 0.5) is 10.5 Å². The number of carbonyl (C=O) groups excluding carboxylic acids is 3. The molecule has 0 unspecified atom stereocenters. The van der Waals surface area contributed by atoms with Gasteiger partial charge >= 0.3 is 6.03 Å². The molecule has 0 atom stereocenters. The van der Waals surface area contributed by atoms with Gasteiger partial charge in [0.05, 0.1) is 13.7 Å². The number of imide groups is 2. The van der Waals surface area contributed by atoms with Crippen LogP contribution >= 0.6 is 0 Å². The molecule has 174 valence electrons. The van der Waals surface area contributed by atoms with E-state index in [1.807, 2.05) is 43.3 Å². The number of anilines is 1. The summed E-state index contributed by atoms with van der Waals surface area (Å²) in [6, 6.07) is 10.9. The van der Waals surface area contributed by atoms with Gasteiger partial charge < -0.3 is 14.4 Å². The Kier molecular flexibility index (Phi) is 7.71. The topological polar surface area (TPSA) is 97.0 Å². The second-order valence-electron chi connectivity index (χ2n) is 7.60. The van der Waals surface area contributed by atoms with E-state index in [0.717, 1.165) is 35.5 Å². The van der Waals surface area contributed by atoms with E-state index in [9.17, 15) is 14.4 Å². The highest BCUT2D eigenvalue weighted by atomic mass is 16.5. The van der Waals surface area contributed by atoms with E-state index in [-0.39, 0.29) is 5.57 Å². The molecule has 1 aliphatic rings. The number of urea groups is 1. The van der Waals surface area contributed by atoms with Crippen LogP contribution in [0.15, 0.2) is 42.0 Å². The van der Waals surface area contributed by atoms with E-state index < -0.39 is 17.8 Å². The van der Waals surface area contributed by atoms with Crippen LogP contribution in [0.5, 0.6) is 11.5 Å². The molecule has 8 heteroatoms. The van der Waals surface area contributed by atoms with E-state index in [1.165, 1.54) is 11.6 Å². The number of rotatable bonds is 9. The Hall–Kier alpha value is -3.81. The fourth-order valence-corrected chi connectivity index (χ4v) is 3.57. The third kappa shape index (κ3) is 5.71. The lowest BCUT2D eigenvalue weighted by molar-refractivity contribution is -0.123. The number of ether oxygens (including phenoxy) is 2. The molecule has 4 amide bonds. The number of hydrogen-bond acceptors (Lipinski definition) is 6. The van der Waals surface area contributed by atoms with Gasteiger partial charge in [0, 0.05) is 12.2 Å². The molecular weight excluding hydrogens is 422 g/mol. The largest absolute Gasteiger partial charge is 0.493 e. The van der Waals surface area contributed by atoms with Crippen LogP contribution in [0, 0.1) is 6.92 Å².